The van der Waals surface area contributed by atoms with E-state index in [0.717, 1.165) is 0 Å². The van der Waals surface area contributed by atoms with Gasteiger partial charge in [0.25, 0.3) is 5.91 Å². The fraction of sp³-hybridized carbons (Fsp3) is 0.474. The number of sulfone groups is 1. The Morgan fingerprint density at radius 3 is 2.68 bits per heavy atom. The van der Waals surface area contributed by atoms with Crippen LogP contribution in [-0.4, -0.2) is 55.4 Å². The summed E-state index contributed by atoms with van der Waals surface area (Å²) in [6, 6.07) is 3.94. The van der Waals surface area contributed by atoms with Crippen LogP contribution in [0.3, 0.4) is 0 Å². The van der Waals surface area contributed by atoms with E-state index in [2.05, 4.69) is 0 Å². The lowest BCUT2D eigenvalue weighted by molar-refractivity contribution is -0.141. The first-order valence-corrected chi connectivity index (χ1v) is 10.9. The van der Waals surface area contributed by atoms with Crippen molar-refractivity contribution in [3.8, 4) is 0 Å². The molecule has 0 spiro atoms. The monoisotopic (exact) mass is 411 g/mol. The lowest BCUT2D eigenvalue weighted by Crippen LogP contribution is -2.46. The fourth-order valence-corrected chi connectivity index (χ4v) is 5.25. The molecule has 1 saturated heterocycles. The fourth-order valence-electron chi connectivity index (χ4n) is 3.52. The third-order valence-corrected chi connectivity index (χ3v) is 6.76. The van der Waals surface area contributed by atoms with Crippen molar-refractivity contribution in [2.45, 2.75) is 39.3 Å². The zero-order valence-electron chi connectivity index (χ0n) is 15.9. The molecular weight excluding hydrogens is 389 g/mol. The third kappa shape index (κ3) is 3.76. The van der Waals surface area contributed by atoms with Crippen molar-refractivity contribution in [1.29, 1.82) is 0 Å². The molecule has 1 aliphatic rings. The topological polar surface area (TPSA) is 93.9 Å². The molecule has 3 rings (SSSR count). The second-order valence-corrected chi connectivity index (χ2v) is 9.13. The summed E-state index contributed by atoms with van der Waals surface area (Å²) in [5, 5.41) is 0.456. The highest BCUT2D eigenvalue weighted by atomic mass is 32.2. The van der Waals surface area contributed by atoms with Gasteiger partial charge in [0.05, 0.1) is 11.5 Å². The van der Waals surface area contributed by atoms with Gasteiger partial charge in [0.1, 0.15) is 0 Å². The number of esters is 1. The average Bonchev–Trinajstić information content (AvgIpc) is 3.16. The summed E-state index contributed by atoms with van der Waals surface area (Å²) in [6.45, 7) is 5.07. The van der Waals surface area contributed by atoms with Crippen LogP contribution >= 0.6 is 0 Å². The van der Waals surface area contributed by atoms with Gasteiger partial charge >= 0.3 is 5.97 Å². The van der Waals surface area contributed by atoms with Crippen LogP contribution in [0.1, 0.15) is 36.4 Å². The molecule has 28 heavy (non-hydrogen) atoms. The van der Waals surface area contributed by atoms with Crippen LogP contribution in [0, 0.1) is 12.7 Å². The van der Waals surface area contributed by atoms with Gasteiger partial charge in [0, 0.05) is 23.5 Å². The molecule has 9 heteroatoms. The smallest absolute Gasteiger partial charge is 0.375 e. The van der Waals surface area contributed by atoms with Crippen molar-refractivity contribution < 1.29 is 31.6 Å². The van der Waals surface area contributed by atoms with Crippen LogP contribution in [0.5, 0.6) is 0 Å². The lowest BCUT2D eigenvalue weighted by atomic mass is 10.1. The standard InChI is InChI=1S/C19H22FNO6S/c1-4-21(13-8-9-28(24,25)10-13)18(22)12(3)26-19(23)16-11(2)14-6-5-7-15(20)17(14)27-16/h5-7,12-13H,4,8-10H2,1-3H3/t12-,13-/m1/s1. The number of hydrogen-bond acceptors (Lipinski definition) is 6. The van der Waals surface area contributed by atoms with Gasteiger partial charge in [-0.05, 0) is 33.3 Å². The first-order chi connectivity index (χ1) is 13.1. The first-order valence-electron chi connectivity index (χ1n) is 9.04. The molecule has 1 amide bonds. The lowest BCUT2D eigenvalue weighted by Gasteiger charge is -2.29. The Morgan fingerprint density at radius 1 is 1.39 bits per heavy atom. The van der Waals surface area contributed by atoms with Gasteiger partial charge in [-0.2, -0.15) is 0 Å². The highest BCUT2D eigenvalue weighted by molar-refractivity contribution is 7.91. The molecule has 2 aromatic rings. The zero-order chi connectivity index (χ0) is 20.6. The summed E-state index contributed by atoms with van der Waals surface area (Å²) in [5.74, 6) is -2.15. The minimum atomic E-state index is -3.15. The molecule has 1 fully saturated rings. The Balaban J connectivity index is 1.76. The molecule has 0 bridgehead atoms. The highest BCUT2D eigenvalue weighted by Crippen LogP contribution is 2.28. The quantitative estimate of drug-likeness (QED) is 0.702. The average molecular weight is 411 g/mol. The van der Waals surface area contributed by atoms with Gasteiger partial charge < -0.3 is 14.1 Å². The second-order valence-electron chi connectivity index (χ2n) is 6.90. The zero-order valence-corrected chi connectivity index (χ0v) is 16.7. The largest absolute Gasteiger partial charge is 0.447 e. The number of fused-ring (bicyclic) bond motifs is 1. The molecule has 0 N–H and O–H groups in total. The van der Waals surface area contributed by atoms with Gasteiger partial charge in [-0.15, -0.1) is 0 Å². The third-order valence-electron chi connectivity index (χ3n) is 5.01. The summed E-state index contributed by atoms with van der Waals surface area (Å²) < 4.78 is 47.8. The maximum Gasteiger partial charge on any atom is 0.375 e. The number of likely N-dealkylation sites (N-methyl/N-ethyl adjacent to an activating group) is 1. The maximum absolute atomic E-state index is 13.9. The van der Waals surface area contributed by atoms with E-state index in [4.69, 9.17) is 9.15 Å². The van der Waals surface area contributed by atoms with Gasteiger partial charge in [-0.1, -0.05) is 12.1 Å². The summed E-state index contributed by atoms with van der Waals surface area (Å²) in [5.41, 5.74) is 0.380. The maximum atomic E-state index is 13.9. The van der Waals surface area contributed by atoms with Crippen molar-refractivity contribution in [3.05, 3.63) is 35.3 Å². The normalized spacial score (nSPS) is 19.5. The number of aryl methyl sites for hydroxylation is 1. The molecule has 1 aromatic heterocycles. The van der Waals surface area contributed by atoms with Crippen molar-refractivity contribution in [2.75, 3.05) is 18.1 Å². The summed E-state index contributed by atoms with van der Waals surface area (Å²) in [7, 11) is -3.15. The van der Waals surface area contributed by atoms with Crippen LogP contribution in [0.2, 0.25) is 0 Å². The highest BCUT2D eigenvalue weighted by Gasteiger charge is 2.36. The van der Waals surface area contributed by atoms with E-state index >= 15 is 0 Å². The Morgan fingerprint density at radius 2 is 2.11 bits per heavy atom. The number of rotatable bonds is 5. The molecule has 1 aromatic carbocycles. The second kappa shape index (κ2) is 7.54. The molecule has 2 atom stereocenters. The predicted octanol–water partition coefficient (Wildman–Crippen LogP) is 2.46. The van der Waals surface area contributed by atoms with Crippen LogP contribution < -0.4 is 0 Å². The van der Waals surface area contributed by atoms with Gasteiger partial charge in [0.15, 0.2) is 27.3 Å². The number of benzene rings is 1. The van der Waals surface area contributed by atoms with Crippen LogP contribution in [0.25, 0.3) is 11.0 Å². The predicted molar refractivity (Wildman–Crippen MR) is 100 cm³/mol. The molecule has 0 unspecified atom stereocenters. The van der Waals surface area contributed by atoms with E-state index in [1.807, 2.05) is 0 Å². The van der Waals surface area contributed by atoms with Crippen LogP contribution in [0.15, 0.2) is 22.6 Å². The minimum Gasteiger partial charge on any atom is -0.447 e. The molecule has 2 heterocycles. The van der Waals surface area contributed by atoms with E-state index in [0.29, 0.717) is 23.9 Å². The summed E-state index contributed by atoms with van der Waals surface area (Å²) >= 11 is 0. The molecule has 7 nitrogen and oxygen atoms in total. The first kappa shape index (κ1) is 20.3. The van der Waals surface area contributed by atoms with Crippen molar-refractivity contribution >= 4 is 32.7 Å². The van der Waals surface area contributed by atoms with E-state index in [1.54, 1.807) is 19.9 Å². The number of ether oxygens (including phenoxy) is 1. The molecule has 0 saturated carbocycles. The van der Waals surface area contributed by atoms with Gasteiger partial charge in [0.2, 0.25) is 5.76 Å². The van der Waals surface area contributed by atoms with E-state index < -0.39 is 39.7 Å². The SMILES string of the molecule is CCN(C(=O)[C@@H](C)OC(=O)c1oc2c(F)cccc2c1C)[C@@H]1CCS(=O)(=O)C1. The molecule has 0 radical (unpaired) electrons. The van der Waals surface area contributed by atoms with Crippen LogP contribution in [-0.2, 0) is 19.4 Å². The molecular formula is C19H22FNO6S. The number of para-hydroxylation sites is 1. The summed E-state index contributed by atoms with van der Waals surface area (Å²) in [6.07, 6.45) is -0.766. The molecule has 152 valence electrons. The number of halogens is 1. The van der Waals surface area contributed by atoms with E-state index in [-0.39, 0.29) is 22.8 Å². The van der Waals surface area contributed by atoms with Gasteiger partial charge in [-0.25, -0.2) is 17.6 Å². The molecule has 0 aliphatic carbocycles. The minimum absolute atomic E-state index is 0.0410. The number of carbonyl (C=O) groups is 2. The number of furan rings is 1. The van der Waals surface area contributed by atoms with Crippen LogP contribution in [0.4, 0.5) is 4.39 Å². The Labute approximate surface area is 162 Å². The Kier molecular flexibility index (Phi) is 5.47. The number of nitrogens with zero attached hydrogens (tertiary/aromatic N) is 1. The number of carbonyl (C=O) groups excluding carboxylic acids is 2. The van der Waals surface area contributed by atoms with Crippen molar-refractivity contribution in [3.63, 3.8) is 0 Å². The van der Waals surface area contributed by atoms with E-state index in [9.17, 15) is 22.4 Å². The number of amides is 1. The van der Waals surface area contributed by atoms with E-state index in [1.165, 1.54) is 24.0 Å². The summed E-state index contributed by atoms with van der Waals surface area (Å²) in [4.78, 5) is 26.6. The van der Waals surface area contributed by atoms with Crippen molar-refractivity contribution in [2.24, 2.45) is 0 Å². The number of hydrogen-bond donors (Lipinski definition) is 0. The molecule has 1 aliphatic heterocycles. The van der Waals surface area contributed by atoms with Gasteiger partial charge in [-0.3, -0.25) is 4.79 Å². The van der Waals surface area contributed by atoms with Crippen molar-refractivity contribution in [1.82, 2.24) is 4.90 Å². The Bertz CT molecular complexity index is 1030. The Hall–Kier alpha value is -2.42.